The zero-order chi connectivity index (χ0) is 18.0. The normalized spacial score (nSPS) is 11.9. The van der Waals surface area contributed by atoms with E-state index in [9.17, 15) is 14.5 Å². The van der Waals surface area contributed by atoms with Crippen molar-refractivity contribution in [3.05, 3.63) is 57.6 Å². The Labute approximate surface area is 143 Å². The number of aldehydes is 1. The largest absolute Gasteiger partial charge is 0.366 e. The van der Waals surface area contributed by atoms with E-state index in [4.69, 9.17) is 0 Å². The molecule has 0 aliphatic heterocycles. The van der Waals surface area contributed by atoms with Crippen LogP contribution < -0.4 is 5.32 Å². The Kier molecular flexibility index (Phi) is 5.53. The average Bonchev–Trinajstić information content (AvgIpc) is 2.45. The van der Waals surface area contributed by atoms with E-state index in [1.807, 2.05) is 52.0 Å². The van der Waals surface area contributed by atoms with Gasteiger partial charge in [-0.3, -0.25) is 9.59 Å². The van der Waals surface area contributed by atoms with E-state index in [-0.39, 0.29) is 5.52 Å². The van der Waals surface area contributed by atoms with Crippen LogP contribution in [0.25, 0.3) is 0 Å². The predicted octanol–water partition coefficient (Wildman–Crippen LogP) is 4.64. The number of carbonyl (C=O) groups is 2. The summed E-state index contributed by atoms with van der Waals surface area (Å²) in [5, 5.41) is 3.24. The highest BCUT2D eigenvalue weighted by atomic mass is 31.1. The van der Waals surface area contributed by atoms with Crippen molar-refractivity contribution >= 4 is 31.3 Å². The van der Waals surface area contributed by atoms with Crippen LogP contribution in [0, 0.1) is 27.7 Å². The molecule has 126 valence electrons. The highest BCUT2D eigenvalue weighted by Crippen LogP contribution is 2.37. The summed E-state index contributed by atoms with van der Waals surface area (Å²) >= 11 is 0. The van der Waals surface area contributed by atoms with Crippen molar-refractivity contribution in [3.8, 4) is 0 Å². The summed E-state index contributed by atoms with van der Waals surface area (Å²) in [5.74, 6) is 0. The minimum absolute atomic E-state index is 0.276. The summed E-state index contributed by atoms with van der Waals surface area (Å²) in [5.41, 5.74) is 5.77. The van der Waals surface area contributed by atoms with Crippen LogP contribution in [0.2, 0.25) is 0 Å². The van der Waals surface area contributed by atoms with Gasteiger partial charge in [0.15, 0.2) is 6.29 Å². The molecule has 0 aromatic heterocycles. The van der Waals surface area contributed by atoms with Crippen molar-refractivity contribution in [3.63, 3.8) is 0 Å². The first-order valence-corrected chi connectivity index (χ1v) is 9.40. The lowest BCUT2D eigenvalue weighted by Gasteiger charge is -2.18. The van der Waals surface area contributed by atoms with Gasteiger partial charge >= 0.3 is 0 Å². The molecule has 2 aromatic carbocycles. The van der Waals surface area contributed by atoms with Crippen LogP contribution in [0.4, 0.5) is 11.4 Å². The second-order valence-electron chi connectivity index (χ2n) is 6.12. The SMILES string of the molecule is Cc1cc(C)c(C=O)c(Nc2cc(C)cc(C)c2C(=O)P(C)O)c1. The van der Waals surface area contributed by atoms with Gasteiger partial charge in [-0.25, -0.2) is 0 Å². The second-order valence-corrected chi connectivity index (χ2v) is 7.57. The third-order valence-corrected chi connectivity index (χ3v) is 4.72. The van der Waals surface area contributed by atoms with Crippen LogP contribution in [0.15, 0.2) is 24.3 Å². The van der Waals surface area contributed by atoms with E-state index in [2.05, 4.69) is 5.32 Å². The van der Waals surface area contributed by atoms with Gasteiger partial charge in [-0.2, -0.15) is 0 Å². The monoisotopic (exact) mass is 343 g/mol. The highest BCUT2D eigenvalue weighted by Gasteiger charge is 2.20. The Morgan fingerprint density at radius 2 is 1.54 bits per heavy atom. The van der Waals surface area contributed by atoms with Gasteiger partial charge in [0, 0.05) is 11.3 Å². The van der Waals surface area contributed by atoms with E-state index >= 15 is 0 Å². The van der Waals surface area contributed by atoms with Gasteiger partial charge in [0.1, 0.15) is 0 Å². The maximum Gasteiger partial charge on any atom is 0.213 e. The summed E-state index contributed by atoms with van der Waals surface area (Å²) in [4.78, 5) is 33.7. The molecule has 0 aliphatic rings. The number of anilines is 2. The van der Waals surface area contributed by atoms with Gasteiger partial charge in [-0.05, 0) is 68.7 Å². The Hall–Kier alpha value is -2.03. The maximum atomic E-state index is 12.4. The molecule has 0 fully saturated rings. The quantitative estimate of drug-likeness (QED) is 0.613. The van der Waals surface area contributed by atoms with E-state index in [0.717, 1.165) is 28.5 Å². The molecule has 0 radical (unpaired) electrons. The number of nitrogens with one attached hydrogen (secondary N) is 1. The first-order chi connectivity index (χ1) is 11.2. The average molecular weight is 343 g/mol. The van der Waals surface area contributed by atoms with Crippen LogP contribution in [-0.2, 0) is 0 Å². The summed E-state index contributed by atoms with van der Waals surface area (Å²) in [6, 6.07) is 7.61. The van der Waals surface area contributed by atoms with E-state index in [0.29, 0.717) is 22.5 Å². The molecule has 2 N–H and O–H groups in total. The fourth-order valence-electron chi connectivity index (χ4n) is 2.90. The molecule has 0 bridgehead atoms. The van der Waals surface area contributed by atoms with Crippen LogP contribution in [0.1, 0.15) is 43.0 Å². The number of benzene rings is 2. The van der Waals surface area contributed by atoms with Crippen molar-refractivity contribution in [1.29, 1.82) is 0 Å². The molecule has 5 heteroatoms. The number of rotatable bonds is 5. The van der Waals surface area contributed by atoms with Gasteiger partial charge in [0.2, 0.25) is 5.52 Å². The van der Waals surface area contributed by atoms with Crippen molar-refractivity contribution in [1.82, 2.24) is 0 Å². The molecule has 0 heterocycles. The summed E-state index contributed by atoms with van der Waals surface area (Å²) in [6.45, 7) is 9.16. The van der Waals surface area contributed by atoms with E-state index in [1.165, 1.54) is 6.66 Å². The molecule has 2 aromatic rings. The number of carbonyl (C=O) groups excluding carboxylic acids is 2. The third-order valence-electron chi connectivity index (χ3n) is 3.91. The Morgan fingerprint density at radius 3 is 2.08 bits per heavy atom. The standard InChI is InChI=1S/C19H22NO3P/c1-11-6-13(3)15(10-21)16(8-11)20-17-9-12(2)7-14(4)18(17)19(22)24(5)23/h6-10,20,23H,1-5H3. The molecule has 0 saturated carbocycles. The molecule has 24 heavy (non-hydrogen) atoms. The van der Waals surface area contributed by atoms with Crippen molar-refractivity contribution in [2.24, 2.45) is 0 Å². The molecular formula is C19H22NO3P. The number of hydrogen-bond donors (Lipinski definition) is 2. The minimum atomic E-state index is -1.73. The van der Waals surface area contributed by atoms with Crippen LogP contribution in [0.5, 0.6) is 0 Å². The first kappa shape index (κ1) is 18.3. The number of aryl methyl sites for hydroxylation is 4. The molecule has 1 unspecified atom stereocenters. The lowest BCUT2D eigenvalue weighted by Crippen LogP contribution is -2.07. The van der Waals surface area contributed by atoms with Gasteiger partial charge in [0.05, 0.1) is 19.4 Å². The minimum Gasteiger partial charge on any atom is -0.366 e. The van der Waals surface area contributed by atoms with Crippen LogP contribution in [-0.4, -0.2) is 23.4 Å². The highest BCUT2D eigenvalue weighted by molar-refractivity contribution is 7.69. The molecule has 1 atom stereocenters. The molecule has 4 nitrogen and oxygen atoms in total. The van der Waals surface area contributed by atoms with Crippen molar-refractivity contribution in [2.75, 3.05) is 12.0 Å². The Balaban J connectivity index is 2.62. The Bertz CT molecular complexity index is 813. The summed E-state index contributed by atoms with van der Waals surface area (Å²) in [7, 11) is -1.73. The molecule has 0 amide bonds. The molecule has 2 rings (SSSR count). The maximum absolute atomic E-state index is 12.4. The zero-order valence-corrected chi connectivity index (χ0v) is 15.5. The lowest BCUT2D eigenvalue weighted by atomic mass is 10.0. The summed E-state index contributed by atoms with van der Waals surface area (Å²) in [6.07, 6.45) is 0.819. The third kappa shape index (κ3) is 3.72. The fraction of sp³-hybridized carbons (Fsp3) is 0.263. The van der Waals surface area contributed by atoms with Crippen molar-refractivity contribution in [2.45, 2.75) is 27.7 Å². The summed E-state index contributed by atoms with van der Waals surface area (Å²) < 4.78 is 0. The number of hydrogen-bond acceptors (Lipinski definition) is 4. The topological polar surface area (TPSA) is 66.4 Å². The van der Waals surface area contributed by atoms with E-state index in [1.54, 1.807) is 0 Å². The first-order valence-electron chi connectivity index (χ1n) is 7.66. The van der Waals surface area contributed by atoms with E-state index < -0.39 is 8.15 Å². The zero-order valence-electron chi connectivity index (χ0n) is 14.6. The lowest BCUT2D eigenvalue weighted by molar-refractivity contribution is 0.107. The van der Waals surface area contributed by atoms with Gasteiger partial charge < -0.3 is 10.2 Å². The van der Waals surface area contributed by atoms with Crippen molar-refractivity contribution < 1.29 is 14.5 Å². The van der Waals surface area contributed by atoms with Gasteiger partial charge in [-0.15, -0.1) is 0 Å². The van der Waals surface area contributed by atoms with Crippen LogP contribution in [0.3, 0.4) is 0 Å². The molecular weight excluding hydrogens is 321 g/mol. The molecule has 0 aliphatic carbocycles. The van der Waals surface area contributed by atoms with Crippen LogP contribution >= 0.6 is 8.15 Å². The van der Waals surface area contributed by atoms with Gasteiger partial charge in [-0.1, -0.05) is 12.1 Å². The second kappa shape index (κ2) is 7.25. The predicted molar refractivity (Wildman–Crippen MR) is 99.9 cm³/mol. The Morgan fingerprint density at radius 1 is 1.00 bits per heavy atom. The smallest absolute Gasteiger partial charge is 0.213 e. The van der Waals surface area contributed by atoms with Gasteiger partial charge in [0.25, 0.3) is 0 Å². The fourth-order valence-corrected chi connectivity index (χ4v) is 3.52. The molecule has 0 spiro atoms. The molecule has 0 saturated heterocycles.